The number of benzene rings is 1. The van der Waals surface area contributed by atoms with Crippen molar-refractivity contribution in [1.29, 1.82) is 0 Å². The molecule has 3 atom stereocenters. The first-order valence-electron chi connectivity index (χ1n) is 10.8. The quantitative estimate of drug-likeness (QED) is 0.720. The molecule has 170 valence electrons. The Kier molecular flexibility index (Phi) is 6.76. The van der Waals surface area contributed by atoms with E-state index in [2.05, 4.69) is 10.6 Å². The van der Waals surface area contributed by atoms with Crippen molar-refractivity contribution in [3.63, 3.8) is 0 Å². The summed E-state index contributed by atoms with van der Waals surface area (Å²) in [4.78, 5) is 39.9. The average molecular weight is 458 g/mol. The van der Waals surface area contributed by atoms with E-state index in [9.17, 15) is 14.4 Å². The zero-order valence-electron chi connectivity index (χ0n) is 18.1. The second-order valence-corrected chi connectivity index (χ2v) is 8.92. The largest absolute Gasteiger partial charge is 0.490 e. The number of ether oxygens (including phenoxy) is 2. The lowest BCUT2D eigenvalue weighted by atomic mass is 9.94. The van der Waals surface area contributed by atoms with Gasteiger partial charge in [-0.2, -0.15) is 0 Å². The lowest BCUT2D eigenvalue weighted by Gasteiger charge is -2.42. The van der Waals surface area contributed by atoms with Crippen molar-refractivity contribution in [2.45, 2.75) is 44.4 Å². The minimum Gasteiger partial charge on any atom is -0.490 e. The molecule has 1 saturated heterocycles. The predicted molar refractivity (Wildman–Crippen MR) is 121 cm³/mol. The number of rotatable bonds is 5. The first kappa shape index (κ1) is 22.3. The van der Waals surface area contributed by atoms with Gasteiger partial charge in [0.1, 0.15) is 18.5 Å². The number of anilines is 1. The van der Waals surface area contributed by atoms with Gasteiger partial charge >= 0.3 is 0 Å². The fourth-order valence-electron chi connectivity index (χ4n) is 4.18. The first-order valence-corrected chi connectivity index (χ1v) is 11.6. The molecule has 0 unspecified atom stereocenters. The van der Waals surface area contributed by atoms with Gasteiger partial charge in [0, 0.05) is 19.3 Å². The third-order valence-corrected chi connectivity index (χ3v) is 6.67. The molecule has 1 aromatic heterocycles. The minimum absolute atomic E-state index is 0.0328. The van der Waals surface area contributed by atoms with Crippen molar-refractivity contribution in [2.24, 2.45) is 0 Å². The van der Waals surface area contributed by atoms with Gasteiger partial charge in [-0.1, -0.05) is 6.07 Å². The van der Waals surface area contributed by atoms with Crippen LogP contribution in [0.15, 0.2) is 35.7 Å². The highest BCUT2D eigenvalue weighted by Crippen LogP contribution is 2.32. The molecule has 2 aliphatic heterocycles. The Balaban J connectivity index is 1.49. The van der Waals surface area contributed by atoms with Crippen molar-refractivity contribution in [1.82, 2.24) is 10.2 Å². The normalized spacial score (nSPS) is 22.6. The van der Waals surface area contributed by atoms with Gasteiger partial charge in [-0.05, 0) is 49.4 Å². The number of hydrogen-bond acceptors (Lipinski definition) is 6. The maximum Gasteiger partial charge on any atom is 0.265 e. The molecule has 32 heavy (non-hydrogen) atoms. The number of likely N-dealkylation sites (N-methyl/N-ethyl adjacent to an activating group) is 1. The Morgan fingerprint density at radius 3 is 2.84 bits per heavy atom. The summed E-state index contributed by atoms with van der Waals surface area (Å²) >= 11 is 1.35. The van der Waals surface area contributed by atoms with E-state index in [1.165, 1.54) is 11.3 Å². The maximum atomic E-state index is 13.3. The molecule has 2 aliphatic rings. The molecule has 1 aromatic carbocycles. The van der Waals surface area contributed by atoms with Crippen LogP contribution in [0, 0.1) is 0 Å². The van der Waals surface area contributed by atoms with Crippen LogP contribution in [0.5, 0.6) is 5.75 Å². The zero-order valence-corrected chi connectivity index (χ0v) is 18.9. The highest BCUT2D eigenvalue weighted by atomic mass is 32.1. The van der Waals surface area contributed by atoms with Gasteiger partial charge in [0.05, 0.1) is 29.0 Å². The summed E-state index contributed by atoms with van der Waals surface area (Å²) in [6.45, 7) is 2.75. The van der Waals surface area contributed by atoms with Crippen LogP contribution < -0.4 is 15.4 Å². The van der Waals surface area contributed by atoms with Gasteiger partial charge in [-0.3, -0.25) is 14.4 Å². The number of carbonyl (C=O) groups is 3. The summed E-state index contributed by atoms with van der Waals surface area (Å²) in [5, 5.41) is 7.48. The van der Waals surface area contributed by atoms with E-state index in [1.54, 1.807) is 36.2 Å². The fraction of sp³-hybridized carbons (Fsp3) is 0.435. The Bertz CT molecular complexity index is 994. The first-order chi connectivity index (χ1) is 15.5. The third kappa shape index (κ3) is 4.78. The van der Waals surface area contributed by atoms with E-state index in [4.69, 9.17) is 9.47 Å². The average Bonchev–Trinajstić information content (AvgIpc) is 3.32. The van der Waals surface area contributed by atoms with Gasteiger partial charge in [0.2, 0.25) is 5.91 Å². The molecule has 4 rings (SSSR count). The smallest absolute Gasteiger partial charge is 0.265 e. The molecular weight excluding hydrogens is 430 g/mol. The number of nitrogens with zero attached hydrogens (tertiary/aromatic N) is 1. The number of carbonyl (C=O) groups excluding carboxylic acids is 3. The van der Waals surface area contributed by atoms with Crippen molar-refractivity contribution in [2.75, 3.05) is 25.5 Å². The molecule has 3 heterocycles. The second kappa shape index (κ2) is 9.70. The van der Waals surface area contributed by atoms with E-state index in [0.717, 1.165) is 6.42 Å². The van der Waals surface area contributed by atoms with E-state index < -0.39 is 0 Å². The molecule has 2 N–H and O–H groups in total. The topological polar surface area (TPSA) is 97.0 Å². The van der Waals surface area contributed by atoms with Crippen LogP contribution in [0.25, 0.3) is 0 Å². The molecule has 9 heteroatoms. The molecule has 0 spiro atoms. The van der Waals surface area contributed by atoms with Crippen molar-refractivity contribution in [3.8, 4) is 5.75 Å². The predicted octanol–water partition coefficient (Wildman–Crippen LogP) is 2.91. The molecule has 0 radical (unpaired) electrons. The summed E-state index contributed by atoms with van der Waals surface area (Å²) in [6.07, 6.45) is 1.22. The van der Waals surface area contributed by atoms with Gasteiger partial charge in [-0.15, -0.1) is 11.3 Å². The number of fused-ring (bicyclic) bond motifs is 2. The van der Waals surface area contributed by atoms with Crippen LogP contribution in [0.4, 0.5) is 5.69 Å². The van der Waals surface area contributed by atoms with Crippen LogP contribution >= 0.6 is 11.3 Å². The van der Waals surface area contributed by atoms with Crippen molar-refractivity contribution < 1.29 is 23.9 Å². The Labute approximate surface area is 190 Å². The fourth-order valence-corrected chi connectivity index (χ4v) is 4.80. The molecule has 2 aromatic rings. The van der Waals surface area contributed by atoms with Crippen molar-refractivity contribution in [3.05, 3.63) is 46.2 Å². The molecule has 3 amide bonds. The number of hydrogen-bond donors (Lipinski definition) is 2. The molecule has 1 fully saturated rings. The summed E-state index contributed by atoms with van der Waals surface area (Å²) < 4.78 is 12.1. The van der Waals surface area contributed by atoms with Gasteiger partial charge in [0.25, 0.3) is 11.8 Å². The van der Waals surface area contributed by atoms with Crippen molar-refractivity contribution >= 4 is 34.7 Å². The van der Waals surface area contributed by atoms with E-state index in [0.29, 0.717) is 41.3 Å². The summed E-state index contributed by atoms with van der Waals surface area (Å²) in [6, 6.07) is 8.48. The van der Waals surface area contributed by atoms with Gasteiger partial charge in [0.15, 0.2) is 0 Å². The molecule has 8 nitrogen and oxygen atoms in total. The molecule has 0 bridgehead atoms. The van der Waals surface area contributed by atoms with Crippen LogP contribution in [0.3, 0.4) is 0 Å². The van der Waals surface area contributed by atoms with Crippen LogP contribution in [0.1, 0.15) is 46.2 Å². The highest BCUT2D eigenvalue weighted by molar-refractivity contribution is 7.12. The lowest BCUT2D eigenvalue weighted by molar-refractivity contribution is -0.133. The van der Waals surface area contributed by atoms with E-state index >= 15 is 0 Å². The third-order valence-electron chi connectivity index (χ3n) is 5.80. The Morgan fingerprint density at radius 2 is 2.09 bits per heavy atom. The van der Waals surface area contributed by atoms with Gasteiger partial charge < -0.3 is 25.0 Å². The standard InChI is InChI=1S/C23H27N3O5S/c1-3-24-21(27)12-15-7-8-17-19(31-15)13-30-18-9-6-14(11-16(18)23(29)26(17)2)25-22(28)20-5-4-10-32-20/h4-6,9-11,15,17,19H,3,7-8,12-13H2,1-2H3,(H,24,27)(H,25,28)/t15-,17+,19+/m1/s1. The SMILES string of the molecule is CCNC(=O)C[C@H]1CC[C@H]2[C@H](COc3ccc(NC(=O)c4cccs4)cc3C(=O)N2C)O1. The number of nitrogens with one attached hydrogen (secondary N) is 2. The van der Waals surface area contributed by atoms with Crippen LogP contribution in [-0.4, -0.2) is 61.1 Å². The van der Waals surface area contributed by atoms with E-state index in [1.807, 2.05) is 18.4 Å². The second-order valence-electron chi connectivity index (χ2n) is 7.97. The van der Waals surface area contributed by atoms with Crippen LogP contribution in [0.2, 0.25) is 0 Å². The Hall–Kier alpha value is -2.91. The Morgan fingerprint density at radius 1 is 1.25 bits per heavy atom. The minimum atomic E-state index is -0.316. The number of thiophene rings is 1. The zero-order chi connectivity index (χ0) is 22.7. The summed E-state index contributed by atoms with van der Waals surface area (Å²) in [7, 11) is 1.76. The van der Waals surface area contributed by atoms with E-state index in [-0.39, 0.29) is 42.6 Å². The van der Waals surface area contributed by atoms with Crippen LogP contribution in [-0.2, 0) is 9.53 Å². The molecular formula is C23H27N3O5S. The lowest BCUT2D eigenvalue weighted by Crippen LogP contribution is -2.54. The molecule has 0 aliphatic carbocycles. The highest BCUT2D eigenvalue weighted by Gasteiger charge is 2.39. The van der Waals surface area contributed by atoms with Gasteiger partial charge in [-0.25, -0.2) is 0 Å². The summed E-state index contributed by atoms with van der Waals surface area (Å²) in [5.41, 5.74) is 0.936. The maximum absolute atomic E-state index is 13.3. The molecule has 0 saturated carbocycles. The monoisotopic (exact) mass is 457 g/mol. The summed E-state index contributed by atoms with van der Waals surface area (Å²) in [5.74, 6) is 0.0117. The number of amides is 3.